The fraction of sp³-hybridized carbons (Fsp3) is 0.533. The number of H-pyrrole nitrogens is 1. The lowest BCUT2D eigenvalue weighted by atomic mass is 10.1. The van der Waals surface area contributed by atoms with Crippen molar-refractivity contribution in [3.8, 4) is 0 Å². The van der Waals surface area contributed by atoms with E-state index < -0.39 is 5.60 Å². The van der Waals surface area contributed by atoms with E-state index in [-0.39, 0.29) is 11.7 Å². The van der Waals surface area contributed by atoms with Gasteiger partial charge in [-0.3, -0.25) is 4.79 Å². The normalized spacial score (nSPS) is 15.0. The van der Waals surface area contributed by atoms with E-state index in [1.54, 1.807) is 25.3 Å². The molecule has 0 unspecified atom stereocenters. The third kappa shape index (κ3) is 2.41. The molecule has 2 aromatic rings. The van der Waals surface area contributed by atoms with Crippen molar-refractivity contribution in [2.75, 3.05) is 13.7 Å². The largest absolute Gasteiger partial charge is 0.432 e. The number of hydrogen-bond donors (Lipinski definition) is 1. The van der Waals surface area contributed by atoms with E-state index in [0.29, 0.717) is 24.7 Å². The smallest absolute Gasteiger partial charge is 0.291 e. The Bertz CT molecular complexity index is 701. The second-order valence-electron chi connectivity index (χ2n) is 5.95. The van der Waals surface area contributed by atoms with Gasteiger partial charge >= 0.3 is 0 Å². The van der Waals surface area contributed by atoms with Crippen LogP contribution < -0.4 is 0 Å². The van der Waals surface area contributed by atoms with Crippen LogP contribution in [0.25, 0.3) is 0 Å². The monoisotopic (exact) mass is 304 g/mol. The van der Waals surface area contributed by atoms with Crippen LogP contribution in [0, 0.1) is 6.92 Å². The summed E-state index contributed by atoms with van der Waals surface area (Å²) in [6.45, 7) is 6.61. The van der Waals surface area contributed by atoms with Crippen LogP contribution in [-0.4, -0.2) is 39.4 Å². The van der Waals surface area contributed by atoms with Crippen molar-refractivity contribution in [3.63, 3.8) is 0 Å². The van der Waals surface area contributed by atoms with Gasteiger partial charge in [0.05, 0.1) is 30.0 Å². The first-order valence-electron chi connectivity index (χ1n) is 7.26. The number of fused-ring (bicyclic) bond motifs is 1. The molecule has 0 aliphatic carbocycles. The molecule has 1 N–H and O–H groups in total. The molecule has 0 saturated carbocycles. The van der Waals surface area contributed by atoms with Gasteiger partial charge in [0.15, 0.2) is 0 Å². The minimum atomic E-state index is -0.665. The number of nitrogens with one attached hydrogen (secondary N) is 1. The standard InChI is InChI=1S/C15H20N4O3/c1-9-12(22-14(18-9)15(2,3)21-4)13(20)19-6-5-10-11(7-19)17-8-16-10/h8H,5-7H2,1-4H3,(H,16,17). The van der Waals surface area contributed by atoms with Crippen LogP contribution in [0.5, 0.6) is 0 Å². The number of aromatic nitrogens is 3. The van der Waals surface area contributed by atoms with Crippen LogP contribution in [0.2, 0.25) is 0 Å². The molecule has 22 heavy (non-hydrogen) atoms. The van der Waals surface area contributed by atoms with Gasteiger partial charge < -0.3 is 19.0 Å². The summed E-state index contributed by atoms with van der Waals surface area (Å²) in [5.74, 6) is 0.543. The van der Waals surface area contributed by atoms with Gasteiger partial charge in [0.1, 0.15) is 5.60 Å². The van der Waals surface area contributed by atoms with Crippen LogP contribution >= 0.6 is 0 Å². The van der Waals surface area contributed by atoms with Gasteiger partial charge in [0.25, 0.3) is 5.91 Å². The first-order chi connectivity index (χ1) is 10.4. The number of rotatable bonds is 3. The summed E-state index contributed by atoms with van der Waals surface area (Å²) in [4.78, 5) is 26.1. The van der Waals surface area contributed by atoms with Crippen LogP contribution in [0.4, 0.5) is 0 Å². The van der Waals surface area contributed by atoms with Gasteiger partial charge in [-0.2, -0.15) is 0 Å². The molecule has 3 heterocycles. The molecule has 0 fully saturated rings. The number of nitrogens with zero attached hydrogens (tertiary/aromatic N) is 3. The number of hydrogen-bond acceptors (Lipinski definition) is 5. The molecule has 118 valence electrons. The van der Waals surface area contributed by atoms with Gasteiger partial charge in [-0.25, -0.2) is 9.97 Å². The van der Waals surface area contributed by atoms with Gasteiger partial charge in [0.2, 0.25) is 11.7 Å². The zero-order chi connectivity index (χ0) is 15.9. The molecule has 2 aromatic heterocycles. The molecule has 3 rings (SSSR count). The number of aromatic amines is 1. The highest BCUT2D eigenvalue weighted by Gasteiger charge is 2.32. The predicted octanol–water partition coefficient (Wildman–Crippen LogP) is 1.79. The Labute approximate surface area is 128 Å². The van der Waals surface area contributed by atoms with Crippen molar-refractivity contribution in [2.45, 2.75) is 39.3 Å². The minimum absolute atomic E-state index is 0.150. The van der Waals surface area contributed by atoms with E-state index in [1.807, 2.05) is 13.8 Å². The highest BCUT2D eigenvalue weighted by Crippen LogP contribution is 2.26. The maximum absolute atomic E-state index is 12.7. The molecule has 1 amide bonds. The van der Waals surface area contributed by atoms with Crippen molar-refractivity contribution >= 4 is 5.91 Å². The molecule has 1 aliphatic heterocycles. The topological polar surface area (TPSA) is 84.2 Å². The molecular weight excluding hydrogens is 284 g/mol. The van der Waals surface area contributed by atoms with E-state index in [9.17, 15) is 4.79 Å². The molecule has 7 heteroatoms. The predicted molar refractivity (Wildman–Crippen MR) is 78.3 cm³/mol. The van der Waals surface area contributed by atoms with E-state index in [1.165, 1.54) is 0 Å². The van der Waals surface area contributed by atoms with Crippen molar-refractivity contribution in [3.05, 3.63) is 35.1 Å². The molecular formula is C15H20N4O3. The summed E-state index contributed by atoms with van der Waals surface area (Å²) in [6, 6.07) is 0. The summed E-state index contributed by atoms with van der Waals surface area (Å²) in [6.07, 6.45) is 2.41. The van der Waals surface area contributed by atoms with Crippen molar-refractivity contribution < 1.29 is 13.9 Å². The first-order valence-corrected chi connectivity index (χ1v) is 7.26. The third-order valence-electron chi connectivity index (χ3n) is 4.08. The van der Waals surface area contributed by atoms with E-state index in [2.05, 4.69) is 15.0 Å². The number of ether oxygens (including phenoxy) is 1. The zero-order valence-corrected chi connectivity index (χ0v) is 13.3. The number of amides is 1. The summed E-state index contributed by atoms with van der Waals surface area (Å²) in [7, 11) is 1.59. The minimum Gasteiger partial charge on any atom is -0.432 e. The Morgan fingerprint density at radius 2 is 2.27 bits per heavy atom. The Morgan fingerprint density at radius 1 is 1.50 bits per heavy atom. The van der Waals surface area contributed by atoms with E-state index in [4.69, 9.17) is 9.15 Å². The molecule has 0 atom stereocenters. The first kappa shape index (κ1) is 14.8. The number of aryl methyl sites for hydroxylation is 1. The van der Waals surface area contributed by atoms with Gasteiger partial charge in [-0.05, 0) is 20.8 Å². The zero-order valence-electron chi connectivity index (χ0n) is 13.3. The quantitative estimate of drug-likeness (QED) is 0.934. The lowest BCUT2D eigenvalue weighted by Crippen LogP contribution is -2.36. The molecule has 0 bridgehead atoms. The maximum atomic E-state index is 12.7. The van der Waals surface area contributed by atoms with Crippen LogP contribution in [0.3, 0.4) is 0 Å². The van der Waals surface area contributed by atoms with E-state index >= 15 is 0 Å². The molecule has 0 spiro atoms. The van der Waals surface area contributed by atoms with Crippen LogP contribution in [0.15, 0.2) is 10.7 Å². The number of oxazole rings is 1. The summed E-state index contributed by atoms with van der Waals surface area (Å²) < 4.78 is 11.1. The van der Waals surface area contributed by atoms with Crippen molar-refractivity contribution in [1.82, 2.24) is 19.9 Å². The maximum Gasteiger partial charge on any atom is 0.291 e. The van der Waals surface area contributed by atoms with Crippen molar-refractivity contribution in [2.24, 2.45) is 0 Å². The highest BCUT2D eigenvalue weighted by atomic mass is 16.5. The van der Waals surface area contributed by atoms with Crippen LogP contribution in [-0.2, 0) is 23.3 Å². The lowest BCUT2D eigenvalue weighted by Gasteiger charge is -2.25. The summed E-state index contributed by atoms with van der Waals surface area (Å²) >= 11 is 0. The number of imidazole rings is 1. The Kier molecular flexibility index (Phi) is 3.52. The molecule has 0 radical (unpaired) electrons. The fourth-order valence-electron chi connectivity index (χ4n) is 2.47. The van der Waals surface area contributed by atoms with Crippen molar-refractivity contribution in [1.29, 1.82) is 0 Å². The highest BCUT2D eigenvalue weighted by molar-refractivity contribution is 5.92. The second kappa shape index (κ2) is 5.24. The Balaban J connectivity index is 1.84. The number of methoxy groups -OCH3 is 1. The molecule has 1 aliphatic rings. The number of carbonyl (C=O) groups is 1. The Morgan fingerprint density at radius 3 is 3.00 bits per heavy atom. The SMILES string of the molecule is COC(C)(C)c1nc(C)c(C(=O)N2CCc3nc[nH]c3C2)o1. The number of carbonyl (C=O) groups excluding carboxylic acids is 1. The molecule has 0 aromatic carbocycles. The van der Waals surface area contributed by atoms with Gasteiger partial charge in [0, 0.05) is 20.1 Å². The fourth-order valence-corrected chi connectivity index (χ4v) is 2.47. The van der Waals surface area contributed by atoms with Crippen LogP contribution in [0.1, 0.15) is 47.4 Å². The third-order valence-corrected chi connectivity index (χ3v) is 4.08. The van der Waals surface area contributed by atoms with Gasteiger partial charge in [-0.15, -0.1) is 0 Å². The van der Waals surface area contributed by atoms with Gasteiger partial charge in [-0.1, -0.05) is 0 Å². The lowest BCUT2D eigenvalue weighted by molar-refractivity contribution is -0.00461. The summed E-state index contributed by atoms with van der Waals surface area (Å²) in [5, 5.41) is 0. The average Bonchev–Trinajstić information content (AvgIpc) is 3.12. The Hall–Kier alpha value is -2.15. The second-order valence-corrected chi connectivity index (χ2v) is 5.95. The van der Waals surface area contributed by atoms with E-state index in [0.717, 1.165) is 17.8 Å². The average molecular weight is 304 g/mol. The summed E-state index contributed by atoms with van der Waals surface area (Å²) in [5.41, 5.74) is 1.93. The molecule has 0 saturated heterocycles. The molecule has 7 nitrogen and oxygen atoms in total.